The average Bonchev–Trinajstić information content (AvgIpc) is 3.14. The SMILES string of the molecule is CN1CCCc2c1ccc(P(c1ccccc1)c1ccccc1)c2-c1c(P(c2ccccc2)c2ccccc2)ccc2c1OCCN2C. The zero-order valence-corrected chi connectivity index (χ0v) is 29.4. The van der Waals surface area contributed by atoms with E-state index in [1.807, 2.05) is 0 Å². The van der Waals surface area contributed by atoms with Crippen molar-refractivity contribution in [2.45, 2.75) is 12.8 Å². The standard InChI is InChI=1S/C43H40N2OP2/c1-44-29-15-24-36-37(44)25-27-39(47(32-16-7-3-8-17-32)33-18-9-4-10-19-33)41(36)42-40(28-26-38-43(42)46-31-30-45(38)2)48(34-20-11-5-12-21-34)35-22-13-6-14-23-35/h3-14,16-23,25-28H,15,24,29-31H2,1-2H3. The van der Waals surface area contributed by atoms with Gasteiger partial charge in [0.2, 0.25) is 0 Å². The molecule has 48 heavy (non-hydrogen) atoms. The monoisotopic (exact) mass is 662 g/mol. The fourth-order valence-electron chi connectivity index (χ4n) is 7.32. The molecule has 6 aromatic carbocycles. The fourth-order valence-corrected chi connectivity index (χ4v) is 12.3. The fraction of sp³-hybridized carbons (Fsp3) is 0.163. The first-order chi connectivity index (χ1) is 23.7. The summed E-state index contributed by atoms with van der Waals surface area (Å²) in [6.45, 7) is 2.61. The van der Waals surface area contributed by atoms with E-state index in [4.69, 9.17) is 4.74 Å². The molecule has 0 N–H and O–H groups in total. The van der Waals surface area contributed by atoms with Crippen molar-refractivity contribution in [2.75, 3.05) is 43.6 Å². The predicted octanol–water partition coefficient (Wildman–Crippen LogP) is 7.08. The molecule has 0 spiro atoms. The van der Waals surface area contributed by atoms with Crippen molar-refractivity contribution < 1.29 is 4.74 Å². The van der Waals surface area contributed by atoms with E-state index in [0.29, 0.717) is 6.61 Å². The lowest BCUT2D eigenvalue weighted by Crippen LogP contribution is -2.33. The van der Waals surface area contributed by atoms with E-state index in [0.717, 1.165) is 31.7 Å². The molecule has 5 heteroatoms. The molecule has 0 amide bonds. The summed E-state index contributed by atoms with van der Waals surface area (Å²) in [5.74, 6) is 1.03. The molecule has 2 aliphatic rings. The van der Waals surface area contributed by atoms with Gasteiger partial charge in [-0.1, -0.05) is 133 Å². The van der Waals surface area contributed by atoms with Crippen LogP contribution in [-0.2, 0) is 6.42 Å². The van der Waals surface area contributed by atoms with Gasteiger partial charge >= 0.3 is 0 Å². The molecular weight excluding hydrogens is 622 g/mol. The van der Waals surface area contributed by atoms with Crippen LogP contribution in [0, 0.1) is 0 Å². The molecule has 0 fully saturated rings. The maximum Gasteiger partial charge on any atom is 0.151 e. The minimum absolute atomic E-state index is 0.672. The van der Waals surface area contributed by atoms with Crippen molar-refractivity contribution in [3.63, 3.8) is 0 Å². The minimum atomic E-state index is -0.889. The molecule has 0 saturated heterocycles. The molecule has 3 nitrogen and oxygen atoms in total. The molecule has 0 atom stereocenters. The molecule has 0 aromatic heterocycles. The summed E-state index contributed by atoms with van der Waals surface area (Å²) < 4.78 is 6.87. The number of benzene rings is 6. The van der Waals surface area contributed by atoms with Crippen molar-refractivity contribution in [3.05, 3.63) is 151 Å². The molecule has 238 valence electrons. The minimum Gasteiger partial charge on any atom is -0.489 e. The summed E-state index contributed by atoms with van der Waals surface area (Å²) in [7, 11) is 2.71. The van der Waals surface area contributed by atoms with Gasteiger partial charge in [0.25, 0.3) is 0 Å². The largest absolute Gasteiger partial charge is 0.489 e. The average molecular weight is 663 g/mol. The Morgan fingerprint density at radius 3 is 1.42 bits per heavy atom. The summed E-state index contributed by atoms with van der Waals surface area (Å²) >= 11 is 0. The maximum absolute atomic E-state index is 6.87. The van der Waals surface area contributed by atoms with Gasteiger partial charge in [0.05, 0.1) is 12.2 Å². The summed E-state index contributed by atoms with van der Waals surface area (Å²) in [4.78, 5) is 4.83. The second kappa shape index (κ2) is 13.6. The molecule has 0 bridgehead atoms. The second-order valence-electron chi connectivity index (χ2n) is 12.6. The van der Waals surface area contributed by atoms with Crippen molar-refractivity contribution >= 4 is 59.0 Å². The third-order valence-corrected chi connectivity index (χ3v) is 14.6. The predicted molar refractivity (Wildman–Crippen MR) is 210 cm³/mol. The van der Waals surface area contributed by atoms with Gasteiger partial charge in [-0.2, -0.15) is 0 Å². The number of rotatable bonds is 7. The molecule has 0 aliphatic carbocycles. The second-order valence-corrected chi connectivity index (χ2v) is 16.9. The lowest BCUT2D eigenvalue weighted by molar-refractivity contribution is 0.313. The number of anilines is 2. The zero-order valence-electron chi connectivity index (χ0n) is 27.6. The third kappa shape index (κ3) is 5.70. The lowest BCUT2D eigenvalue weighted by Gasteiger charge is -2.36. The Balaban J connectivity index is 1.50. The van der Waals surface area contributed by atoms with Crippen molar-refractivity contribution in [1.82, 2.24) is 0 Å². The van der Waals surface area contributed by atoms with Crippen molar-refractivity contribution in [1.29, 1.82) is 0 Å². The van der Waals surface area contributed by atoms with Gasteiger partial charge in [-0.3, -0.25) is 0 Å². The van der Waals surface area contributed by atoms with Crippen LogP contribution in [0.15, 0.2) is 146 Å². The van der Waals surface area contributed by atoms with E-state index >= 15 is 0 Å². The van der Waals surface area contributed by atoms with Crippen LogP contribution in [0.4, 0.5) is 11.4 Å². The van der Waals surface area contributed by atoms with Gasteiger partial charge in [-0.15, -0.1) is 0 Å². The molecule has 2 heterocycles. The quantitative estimate of drug-likeness (QED) is 0.170. The molecule has 6 aromatic rings. The first kappa shape index (κ1) is 30.9. The highest BCUT2D eigenvalue weighted by Gasteiger charge is 2.34. The summed E-state index contributed by atoms with van der Waals surface area (Å²) in [6, 6.07) is 54.1. The number of likely N-dealkylation sites (N-methyl/N-ethyl adjacent to an activating group) is 1. The number of fused-ring (bicyclic) bond motifs is 2. The number of hydrogen-bond acceptors (Lipinski definition) is 3. The highest BCUT2D eigenvalue weighted by Crippen LogP contribution is 2.50. The third-order valence-electron chi connectivity index (χ3n) is 9.59. The Morgan fingerprint density at radius 1 is 0.479 bits per heavy atom. The van der Waals surface area contributed by atoms with Crippen LogP contribution < -0.4 is 46.4 Å². The molecule has 0 saturated carbocycles. The smallest absolute Gasteiger partial charge is 0.151 e. The topological polar surface area (TPSA) is 15.7 Å². The van der Waals surface area contributed by atoms with E-state index in [-0.39, 0.29) is 0 Å². The highest BCUT2D eigenvalue weighted by atomic mass is 31.1. The van der Waals surface area contributed by atoms with Gasteiger partial charge in [0.15, 0.2) is 5.75 Å². The lowest BCUT2D eigenvalue weighted by atomic mass is 9.91. The van der Waals surface area contributed by atoms with Gasteiger partial charge < -0.3 is 14.5 Å². The molecule has 2 aliphatic heterocycles. The van der Waals surface area contributed by atoms with Gasteiger partial charge in [-0.25, -0.2) is 0 Å². The van der Waals surface area contributed by atoms with Gasteiger partial charge in [0, 0.05) is 31.9 Å². The van der Waals surface area contributed by atoms with Crippen LogP contribution in [0.25, 0.3) is 11.1 Å². The number of nitrogens with zero attached hydrogens (tertiary/aromatic N) is 2. The van der Waals surface area contributed by atoms with Gasteiger partial charge in [-0.05, 0) is 83.8 Å². The van der Waals surface area contributed by atoms with Crippen LogP contribution in [0.3, 0.4) is 0 Å². The number of ether oxygens (including phenoxy) is 1. The first-order valence-corrected chi connectivity index (χ1v) is 19.6. The normalized spacial score (nSPS) is 14.1. The Hall–Kier alpha value is -4.42. The maximum atomic E-state index is 6.87. The van der Waals surface area contributed by atoms with Crippen LogP contribution in [0.1, 0.15) is 12.0 Å². The van der Waals surface area contributed by atoms with Crippen LogP contribution in [0.5, 0.6) is 5.75 Å². The zero-order chi connectivity index (χ0) is 32.5. The van der Waals surface area contributed by atoms with E-state index in [1.165, 1.54) is 59.9 Å². The number of hydrogen-bond donors (Lipinski definition) is 0. The van der Waals surface area contributed by atoms with E-state index < -0.39 is 15.8 Å². The van der Waals surface area contributed by atoms with Crippen LogP contribution in [-0.4, -0.2) is 33.8 Å². The Kier molecular flexibility index (Phi) is 8.75. The van der Waals surface area contributed by atoms with Gasteiger partial charge in [0.1, 0.15) is 6.61 Å². The Bertz CT molecular complexity index is 1790. The first-order valence-electron chi connectivity index (χ1n) is 16.9. The Labute approximate surface area is 287 Å². The summed E-state index contributed by atoms with van der Waals surface area (Å²) in [6.07, 6.45) is 2.18. The summed E-state index contributed by atoms with van der Waals surface area (Å²) in [5, 5.41) is 8.18. The highest BCUT2D eigenvalue weighted by molar-refractivity contribution is 7.80. The van der Waals surface area contributed by atoms with Crippen LogP contribution >= 0.6 is 15.8 Å². The molecular formula is C43H40N2OP2. The van der Waals surface area contributed by atoms with Crippen molar-refractivity contribution in [3.8, 4) is 16.9 Å². The molecule has 0 radical (unpaired) electrons. The van der Waals surface area contributed by atoms with E-state index in [9.17, 15) is 0 Å². The van der Waals surface area contributed by atoms with E-state index in [2.05, 4.69) is 169 Å². The van der Waals surface area contributed by atoms with Crippen LogP contribution in [0.2, 0.25) is 0 Å². The van der Waals surface area contributed by atoms with Crippen molar-refractivity contribution in [2.24, 2.45) is 0 Å². The molecule has 8 rings (SSSR count). The molecule has 0 unspecified atom stereocenters. The Morgan fingerprint density at radius 2 is 0.917 bits per heavy atom. The van der Waals surface area contributed by atoms with E-state index in [1.54, 1.807) is 0 Å². The summed E-state index contributed by atoms with van der Waals surface area (Å²) in [5.41, 5.74) is 6.61.